The van der Waals surface area contributed by atoms with E-state index in [9.17, 15) is 9.90 Å². The molecule has 1 saturated carbocycles. The smallest absolute Gasteiger partial charge is 0.324 e. The van der Waals surface area contributed by atoms with Gasteiger partial charge in [0.05, 0.1) is 13.2 Å². The van der Waals surface area contributed by atoms with Crippen molar-refractivity contribution in [3.8, 4) is 0 Å². The molecule has 0 spiro atoms. The number of aliphatic carboxylic acids is 1. The lowest BCUT2D eigenvalue weighted by Gasteiger charge is -2.42. The van der Waals surface area contributed by atoms with Crippen LogP contribution < -0.4 is 0 Å². The maximum Gasteiger partial charge on any atom is 0.324 e. The van der Waals surface area contributed by atoms with Crippen molar-refractivity contribution in [2.24, 2.45) is 0 Å². The van der Waals surface area contributed by atoms with E-state index in [4.69, 9.17) is 4.74 Å². The van der Waals surface area contributed by atoms with E-state index in [1.807, 2.05) is 0 Å². The summed E-state index contributed by atoms with van der Waals surface area (Å²) in [5.74, 6) is -0.628. The van der Waals surface area contributed by atoms with Crippen molar-refractivity contribution in [3.63, 3.8) is 0 Å². The van der Waals surface area contributed by atoms with Crippen molar-refractivity contribution < 1.29 is 14.6 Å². The lowest BCUT2D eigenvalue weighted by molar-refractivity contribution is -0.156. The van der Waals surface area contributed by atoms with Crippen molar-refractivity contribution >= 4 is 5.97 Å². The Hall–Kier alpha value is -0.610. The summed E-state index contributed by atoms with van der Waals surface area (Å²) in [6, 6.07) is 0. The van der Waals surface area contributed by atoms with Gasteiger partial charge in [-0.2, -0.15) is 0 Å². The monoisotopic (exact) mass is 227 g/mol. The van der Waals surface area contributed by atoms with Gasteiger partial charge >= 0.3 is 5.97 Å². The van der Waals surface area contributed by atoms with Crippen LogP contribution in [0.2, 0.25) is 0 Å². The molecule has 0 aromatic rings. The van der Waals surface area contributed by atoms with Gasteiger partial charge in [-0.25, -0.2) is 0 Å². The van der Waals surface area contributed by atoms with Crippen molar-refractivity contribution in [3.05, 3.63) is 0 Å². The maximum absolute atomic E-state index is 11.6. The Labute approximate surface area is 96.6 Å². The highest BCUT2D eigenvalue weighted by atomic mass is 16.5. The topological polar surface area (TPSA) is 49.8 Å². The molecular formula is C12H21NO3. The first-order valence-corrected chi connectivity index (χ1v) is 6.32. The first kappa shape index (κ1) is 11.9. The number of nitrogens with zero attached hydrogens (tertiary/aromatic N) is 1. The Balaban J connectivity index is 2.14. The summed E-state index contributed by atoms with van der Waals surface area (Å²) in [6.45, 7) is 2.89. The van der Waals surface area contributed by atoms with Crippen LogP contribution in [0.1, 0.15) is 38.5 Å². The molecule has 2 aliphatic rings. The third-order valence-electron chi connectivity index (χ3n) is 3.95. The van der Waals surface area contributed by atoms with Crippen LogP contribution in [-0.4, -0.2) is 47.8 Å². The summed E-state index contributed by atoms with van der Waals surface area (Å²) >= 11 is 0. The molecule has 0 aromatic heterocycles. The van der Waals surface area contributed by atoms with Gasteiger partial charge in [-0.05, 0) is 12.8 Å². The van der Waals surface area contributed by atoms with Gasteiger partial charge in [0.25, 0.3) is 0 Å². The number of ether oxygens (including phenoxy) is 1. The van der Waals surface area contributed by atoms with Gasteiger partial charge in [-0.3, -0.25) is 9.69 Å². The van der Waals surface area contributed by atoms with Crippen LogP contribution in [0, 0.1) is 0 Å². The summed E-state index contributed by atoms with van der Waals surface area (Å²) < 4.78 is 5.31. The molecule has 1 heterocycles. The summed E-state index contributed by atoms with van der Waals surface area (Å²) in [5.41, 5.74) is -0.597. The Morgan fingerprint density at radius 2 is 1.62 bits per heavy atom. The van der Waals surface area contributed by atoms with Crippen molar-refractivity contribution in [1.29, 1.82) is 0 Å². The highest BCUT2D eigenvalue weighted by Crippen LogP contribution is 2.33. The molecule has 2 fully saturated rings. The highest BCUT2D eigenvalue weighted by Gasteiger charge is 2.44. The number of rotatable bonds is 2. The number of hydrogen-bond acceptors (Lipinski definition) is 3. The molecule has 1 aliphatic carbocycles. The molecular weight excluding hydrogens is 206 g/mol. The second-order valence-electron chi connectivity index (χ2n) is 4.85. The number of carboxylic acid groups (broad SMARTS) is 1. The third kappa shape index (κ3) is 2.23. The minimum Gasteiger partial charge on any atom is -0.480 e. The van der Waals surface area contributed by atoms with Crippen LogP contribution >= 0.6 is 0 Å². The number of morpholine rings is 1. The molecule has 0 bridgehead atoms. The molecule has 16 heavy (non-hydrogen) atoms. The average Bonchev–Trinajstić information content (AvgIpc) is 2.56. The van der Waals surface area contributed by atoms with E-state index in [1.54, 1.807) is 0 Å². The largest absolute Gasteiger partial charge is 0.480 e. The normalized spacial score (nSPS) is 27.2. The predicted octanol–water partition coefficient (Wildman–Crippen LogP) is 1.50. The van der Waals surface area contributed by atoms with Crippen molar-refractivity contribution in [2.75, 3.05) is 26.3 Å². The van der Waals surface area contributed by atoms with Crippen LogP contribution in [0.3, 0.4) is 0 Å². The third-order valence-corrected chi connectivity index (χ3v) is 3.95. The van der Waals surface area contributed by atoms with Crippen LogP contribution in [0.15, 0.2) is 0 Å². The lowest BCUT2D eigenvalue weighted by Crippen LogP contribution is -2.58. The standard InChI is InChI=1S/C12H21NO3/c14-11(15)12(5-3-1-2-4-6-12)13-7-9-16-10-8-13/h1-10H2,(H,14,15). The number of carboxylic acids is 1. The van der Waals surface area contributed by atoms with E-state index < -0.39 is 11.5 Å². The van der Waals surface area contributed by atoms with Gasteiger partial charge in [0, 0.05) is 13.1 Å². The van der Waals surface area contributed by atoms with Crippen LogP contribution in [0.5, 0.6) is 0 Å². The lowest BCUT2D eigenvalue weighted by atomic mass is 9.88. The Morgan fingerprint density at radius 1 is 1.06 bits per heavy atom. The second kappa shape index (κ2) is 5.15. The fourth-order valence-electron chi connectivity index (χ4n) is 2.97. The van der Waals surface area contributed by atoms with E-state index in [0.29, 0.717) is 13.2 Å². The van der Waals surface area contributed by atoms with E-state index in [2.05, 4.69) is 4.90 Å². The van der Waals surface area contributed by atoms with Gasteiger partial charge in [0.15, 0.2) is 0 Å². The zero-order valence-electron chi connectivity index (χ0n) is 9.78. The highest BCUT2D eigenvalue weighted by molar-refractivity contribution is 5.78. The first-order valence-electron chi connectivity index (χ1n) is 6.32. The van der Waals surface area contributed by atoms with Gasteiger partial charge in [0.2, 0.25) is 0 Å². The first-order chi connectivity index (χ1) is 7.76. The Kier molecular flexibility index (Phi) is 3.82. The molecule has 0 atom stereocenters. The molecule has 0 amide bonds. The molecule has 2 rings (SSSR count). The minimum atomic E-state index is -0.628. The summed E-state index contributed by atoms with van der Waals surface area (Å²) in [6.07, 6.45) is 6.07. The summed E-state index contributed by atoms with van der Waals surface area (Å²) in [5, 5.41) is 9.58. The number of carbonyl (C=O) groups is 1. The summed E-state index contributed by atoms with van der Waals surface area (Å²) in [4.78, 5) is 13.8. The average molecular weight is 227 g/mol. The second-order valence-corrected chi connectivity index (χ2v) is 4.85. The molecule has 1 N–H and O–H groups in total. The minimum absolute atomic E-state index is 0.597. The van der Waals surface area contributed by atoms with E-state index >= 15 is 0 Å². The van der Waals surface area contributed by atoms with Gasteiger partial charge < -0.3 is 9.84 Å². The zero-order valence-corrected chi connectivity index (χ0v) is 9.78. The van der Waals surface area contributed by atoms with Crippen molar-refractivity contribution in [2.45, 2.75) is 44.1 Å². The number of hydrogen-bond donors (Lipinski definition) is 1. The molecule has 92 valence electrons. The Morgan fingerprint density at radius 3 is 2.12 bits per heavy atom. The van der Waals surface area contributed by atoms with Crippen LogP contribution in [-0.2, 0) is 9.53 Å². The fourth-order valence-corrected chi connectivity index (χ4v) is 2.97. The fraction of sp³-hybridized carbons (Fsp3) is 0.917. The van der Waals surface area contributed by atoms with Gasteiger partial charge in [0.1, 0.15) is 5.54 Å². The molecule has 1 aliphatic heterocycles. The van der Waals surface area contributed by atoms with Gasteiger partial charge in [-0.1, -0.05) is 25.7 Å². The maximum atomic E-state index is 11.6. The molecule has 4 heteroatoms. The van der Waals surface area contributed by atoms with Crippen LogP contribution in [0.25, 0.3) is 0 Å². The zero-order chi connectivity index (χ0) is 11.4. The van der Waals surface area contributed by atoms with E-state index in [1.165, 1.54) is 12.8 Å². The molecule has 0 unspecified atom stereocenters. The van der Waals surface area contributed by atoms with Crippen molar-refractivity contribution in [1.82, 2.24) is 4.90 Å². The molecule has 0 radical (unpaired) electrons. The molecule has 0 aromatic carbocycles. The molecule has 1 saturated heterocycles. The molecule has 4 nitrogen and oxygen atoms in total. The Bertz CT molecular complexity index is 241. The van der Waals surface area contributed by atoms with E-state index in [-0.39, 0.29) is 0 Å². The van der Waals surface area contributed by atoms with Crippen LogP contribution in [0.4, 0.5) is 0 Å². The quantitative estimate of drug-likeness (QED) is 0.726. The predicted molar refractivity (Wildman–Crippen MR) is 60.5 cm³/mol. The summed E-state index contributed by atoms with van der Waals surface area (Å²) in [7, 11) is 0. The van der Waals surface area contributed by atoms with E-state index in [0.717, 1.165) is 38.8 Å². The van der Waals surface area contributed by atoms with Gasteiger partial charge in [-0.15, -0.1) is 0 Å². The SMILES string of the molecule is O=C(O)C1(N2CCOCC2)CCCCCC1.